The van der Waals surface area contributed by atoms with E-state index in [1.807, 2.05) is 0 Å². The molecular formula is C6H12NO3. The Morgan fingerprint density at radius 2 is 1.90 bits per heavy atom. The van der Waals surface area contributed by atoms with Crippen molar-refractivity contribution in [3.05, 3.63) is 6.92 Å². The quantitative estimate of drug-likeness (QED) is 0.566. The van der Waals surface area contributed by atoms with E-state index in [0.717, 1.165) is 0 Å². The molecule has 1 amide bonds. The lowest BCUT2D eigenvalue weighted by Gasteiger charge is -2.26. The van der Waals surface area contributed by atoms with E-state index >= 15 is 0 Å². The lowest BCUT2D eigenvalue weighted by atomic mass is 10.5. The molecule has 1 N–H and O–H groups in total. The number of amides is 1. The molecule has 10 heavy (non-hydrogen) atoms. The number of hydrogen-bond donors (Lipinski definition) is 1. The maximum atomic E-state index is 10.4. The Kier molecular flexibility index (Phi) is 3.32. The fourth-order valence-electron chi connectivity index (χ4n) is 0.439. The topological polar surface area (TPSA) is 47.6 Å². The van der Waals surface area contributed by atoms with Crippen LogP contribution in [-0.4, -0.2) is 26.0 Å². The van der Waals surface area contributed by atoms with Gasteiger partial charge in [0.25, 0.3) is 0 Å². The molecule has 4 heteroatoms. The summed E-state index contributed by atoms with van der Waals surface area (Å²) < 4.78 is 9.61. The molecule has 0 spiro atoms. The molecule has 0 aliphatic heterocycles. The Balaban J connectivity index is 3.92. The van der Waals surface area contributed by atoms with Gasteiger partial charge < -0.3 is 14.8 Å². The summed E-state index contributed by atoms with van der Waals surface area (Å²) in [5.74, 6) is -1.50. The van der Waals surface area contributed by atoms with Crippen molar-refractivity contribution in [2.24, 2.45) is 0 Å². The highest BCUT2D eigenvalue weighted by molar-refractivity contribution is 5.80. The molecule has 0 aromatic rings. The molecule has 0 aliphatic rings. The lowest BCUT2D eigenvalue weighted by Crippen LogP contribution is -2.48. The Labute approximate surface area is 60.5 Å². The van der Waals surface area contributed by atoms with Gasteiger partial charge in [0.15, 0.2) is 0 Å². The number of carbonyl (C=O) groups excluding carboxylic acids is 1. The summed E-state index contributed by atoms with van der Waals surface area (Å²) >= 11 is 0. The van der Waals surface area contributed by atoms with Crippen LogP contribution in [0.2, 0.25) is 0 Å². The van der Waals surface area contributed by atoms with Crippen molar-refractivity contribution in [2.75, 3.05) is 14.2 Å². The van der Waals surface area contributed by atoms with E-state index < -0.39 is 11.8 Å². The van der Waals surface area contributed by atoms with Gasteiger partial charge in [0.1, 0.15) is 0 Å². The molecule has 0 aliphatic carbocycles. The second-order valence-electron chi connectivity index (χ2n) is 1.90. The van der Waals surface area contributed by atoms with Crippen molar-refractivity contribution in [2.45, 2.75) is 12.8 Å². The van der Waals surface area contributed by atoms with Crippen molar-refractivity contribution in [3.63, 3.8) is 0 Å². The van der Waals surface area contributed by atoms with Crippen LogP contribution in [0, 0.1) is 6.92 Å². The molecule has 0 saturated carbocycles. The monoisotopic (exact) mass is 146 g/mol. The molecule has 0 rings (SSSR count). The minimum atomic E-state index is -1.06. The second kappa shape index (κ2) is 3.53. The third kappa shape index (κ3) is 2.80. The van der Waals surface area contributed by atoms with E-state index in [-0.39, 0.29) is 0 Å². The molecule has 0 bridgehead atoms. The largest absolute Gasteiger partial charge is 0.336 e. The first-order chi connectivity index (χ1) is 4.54. The Morgan fingerprint density at radius 1 is 1.50 bits per heavy atom. The van der Waals surface area contributed by atoms with Crippen LogP contribution >= 0.6 is 0 Å². The summed E-state index contributed by atoms with van der Waals surface area (Å²) in [6, 6.07) is 0. The van der Waals surface area contributed by atoms with Gasteiger partial charge in [0, 0.05) is 28.1 Å². The number of carbonyl (C=O) groups is 1. The third-order valence-corrected chi connectivity index (χ3v) is 1.15. The maximum Gasteiger partial charge on any atom is 0.247 e. The Morgan fingerprint density at radius 3 is 2.00 bits per heavy atom. The first-order valence-corrected chi connectivity index (χ1v) is 2.78. The summed E-state index contributed by atoms with van der Waals surface area (Å²) in [7, 11) is 2.86. The van der Waals surface area contributed by atoms with E-state index in [9.17, 15) is 4.79 Å². The number of ether oxygens (including phenoxy) is 2. The van der Waals surface area contributed by atoms with Gasteiger partial charge >= 0.3 is 0 Å². The Bertz CT molecular complexity index is 120. The van der Waals surface area contributed by atoms with Crippen LogP contribution in [0.4, 0.5) is 0 Å². The smallest absolute Gasteiger partial charge is 0.247 e. The van der Waals surface area contributed by atoms with Crippen LogP contribution in [0.3, 0.4) is 0 Å². The fraction of sp³-hybridized carbons (Fsp3) is 0.667. The SMILES string of the molecule is [CH2]C(=O)NC(C)(OC)OC. The predicted octanol–water partition coefficient (Wildman–Crippen LogP) is -0.0968. The van der Waals surface area contributed by atoms with Crippen LogP contribution in [0.1, 0.15) is 6.92 Å². The van der Waals surface area contributed by atoms with E-state index in [4.69, 9.17) is 9.47 Å². The molecule has 1 radical (unpaired) electrons. The number of rotatable bonds is 3. The lowest BCUT2D eigenvalue weighted by molar-refractivity contribution is -0.213. The van der Waals surface area contributed by atoms with Gasteiger partial charge in [-0.2, -0.15) is 0 Å². The molecule has 4 nitrogen and oxygen atoms in total. The molecule has 0 saturated heterocycles. The highest BCUT2D eigenvalue weighted by atomic mass is 16.7. The van der Waals surface area contributed by atoms with Crippen molar-refractivity contribution >= 4 is 5.91 Å². The van der Waals surface area contributed by atoms with Gasteiger partial charge in [0.2, 0.25) is 11.8 Å². The summed E-state index contributed by atoms with van der Waals surface area (Å²) in [5, 5.41) is 2.36. The molecule has 0 heterocycles. The first-order valence-electron chi connectivity index (χ1n) is 2.78. The molecule has 0 aromatic carbocycles. The van der Waals surface area contributed by atoms with Crippen molar-refractivity contribution in [3.8, 4) is 0 Å². The van der Waals surface area contributed by atoms with Gasteiger partial charge in [-0.3, -0.25) is 4.79 Å². The first kappa shape index (κ1) is 9.39. The van der Waals surface area contributed by atoms with Crippen LogP contribution < -0.4 is 5.32 Å². The summed E-state index contributed by atoms with van der Waals surface area (Å²) in [4.78, 5) is 10.4. The average molecular weight is 146 g/mol. The standard InChI is InChI=1S/C6H12NO3/c1-5(8)7-6(2,9-3)10-4/h1H2,2-4H3,(H,7,8). The molecule has 0 unspecified atom stereocenters. The van der Waals surface area contributed by atoms with Gasteiger partial charge in [-0.05, 0) is 0 Å². The Hall–Kier alpha value is -0.610. The minimum absolute atomic E-state index is 0.439. The van der Waals surface area contributed by atoms with Crippen LogP contribution in [-0.2, 0) is 14.3 Å². The highest BCUT2D eigenvalue weighted by Gasteiger charge is 2.22. The van der Waals surface area contributed by atoms with Gasteiger partial charge in [-0.15, -0.1) is 0 Å². The molecule has 0 fully saturated rings. The van der Waals surface area contributed by atoms with Gasteiger partial charge in [0.05, 0.1) is 0 Å². The normalized spacial score (nSPS) is 11.2. The van der Waals surface area contributed by atoms with Gasteiger partial charge in [-0.25, -0.2) is 0 Å². The van der Waals surface area contributed by atoms with Crippen LogP contribution in [0.5, 0.6) is 0 Å². The van der Waals surface area contributed by atoms with Crippen molar-refractivity contribution in [1.82, 2.24) is 5.32 Å². The zero-order valence-corrected chi connectivity index (χ0v) is 6.43. The van der Waals surface area contributed by atoms with Crippen LogP contribution in [0.15, 0.2) is 0 Å². The summed E-state index contributed by atoms with van der Waals surface area (Å²) in [6.45, 7) is 4.69. The van der Waals surface area contributed by atoms with Gasteiger partial charge in [-0.1, -0.05) is 0 Å². The second-order valence-corrected chi connectivity index (χ2v) is 1.90. The van der Waals surface area contributed by atoms with E-state index in [0.29, 0.717) is 0 Å². The number of methoxy groups -OCH3 is 2. The van der Waals surface area contributed by atoms with Crippen molar-refractivity contribution in [1.29, 1.82) is 0 Å². The highest BCUT2D eigenvalue weighted by Crippen LogP contribution is 2.03. The molecule has 0 atom stereocenters. The number of hydrogen-bond acceptors (Lipinski definition) is 3. The van der Waals surface area contributed by atoms with Crippen LogP contribution in [0.25, 0.3) is 0 Å². The zero-order chi connectivity index (χ0) is 8.20. The summed E-state index contributed by atoms with van der Waals surface area (Å²) in [5.41, 5.74) is 0. The fourth-order valence-corrected chi connectivity index (χ4v) is 0.439. The zero-order valence-electron chi connectivity index (χ0n) is 6.43. The van der Waals surface area contributed by atoms with E-state index in [1.54, 1.807) is 6.92 Å². The minimum Gasteiger partial charge on any atom is -0.336 e. The molecule has 0 aromatic heterocycles. The van der Waals surface area contributed by atoms with E-state index in [2.05, 4.69) is 12.2 Å². The third-order valence-electron chi connectivity index (χ3n) is 1.15. The predicted molar refractivity (Wildman–Crippen MR) is 35.9 cm³/mol. The average Bonchev–Trinajstić information content (AvgIpc) is 1.87. The van der Waals surface area contributed by atoms with E-state index in [1.165, 1.54) is 14.2 Å². The molecule has 59 valence electrons. The van der Waals surface area contributed by atoms with Crippen molar-refractivity contribution < 1.29 is 14.3 Å². The number of nitrogens with one attached hydrogen (secondary N) is 1. The summed E-state index contributed by atoms with van der Waals surface area (Å²) in [6.07, 6.45) is 0. The maximum absolute atomic E-state index is 10.4. The molecular weight excluding hydrogens is 134 g/mol.